The molecule has 0 unspecified atom stereocenters. The molecular weight excluding hydrogens is 306 g/mol. The van der Waals surface area contributed by atoms with E-state index in [0.717, 1.165) is 18.9 Å². The highest BCUT2D eigenvalue weighted by Gasteiger charge is 2.21. The molecule has 0 aliphatic carbocycles. The second kappa shape index (κ2) is 8.08. The fourth-order valence-electron chi connectivity index (χ4n) is 1.53. The smallest absolute Gasteiger partial charge is 0.339 e. The summed E-state index contributed by atoms with van der Waals surface area (Å²) in [5, 5.41) is 0. The van der Waals surface area contributed by atoms with E-state index in [0.29, 0.717) is 6.42 Å². The zero-order valence-corrected chi connectivity index (χ0v) is 12.7. The third-order valence-corrected chi connectivity index (χ3v) is 3.39. The molecule has 6 nitrogen and oxygen atoms in total. The summed E-state index contributed by atoms with van der Waals surface area (Å²) in [6.45, 7) is 2.21. The first-order chi connectivity index (χ1) is 8.86. The van der Waals surface area contributed by atoms with E-state index in [1.807, 2.05) is 6.92 Å². The monoisotopic (exact) mass is 323 g/mol. The van der Waals surface area contributed by atoms with Crippen LogP contribution in [-0.2, 0) is 14.9 Å². The van der Waals surface area contributed by atoms with Crippen molar-refractivity contribution < 1.29 is 22.5 Å². The van der Waals surface area contributed by atoms with Crippen molar-refractivity contribution >= 4 is 34.2 Å². The summed E-state index contributed by atoms with van der Waals surface area (Å²) in [7, 11) is -4.49. The topological polar surface area (TPSA) is 107 Å². The SMILES string of the molecule is CCCCCOC(=O)c1cc(N)ccc1S(=O)(=O)O.Cl. The van der Waals surface area contributed by atoms with Gasteiger partial charge in [-0.25, -0.2) is 4.79 Å². The van der Waals surface area contributed by atoms with Crippen LogP contribution in [0.2, 0.25) is 0 Å². The standard InChI is InChI=1S/C12H17NO5S.ClH/c1-2-3-4-7-18-12(14)10-8-9(13)5-6-11(10)19(15,16)17;/h5-6,8H,2-4,7,13H2,1H3,(H,15,16,17);1H. The maximum absolute atomic E-state index is 11.8. The van der Waals surface area contributed by atoms with Gasteiger partial charge in [0.1, 0.15) is 4.90 Å². The van der Waals surface area contributed by atoms with Crippen LogP contribution in [0.5, 0.6) is 0 Å². The number of hydrogen-bond donors (Lipinski definition) is 2. The quantitative estimate of drug-likeness (QED) is 0.360. The lowest BCUT2D eigenvalue weighted by atomic mass is 10.2. The average molecular weight is 324 g/mol. The molecule has 0 spiro atoms. The van der Waals surface area contributed by atoms with E-state index in [1.165, 1.54) is 12.1 Å². The molecule has 0 fully saturated rings. The first kappa shape index (κ1) is 18.7. The lowest BCUT2D eigenvalue weighted by molar-refractivity contribution is 0.0493. The number of anilines is 1. The number of nitrogens with two attached hydrogens (primary N) is 1. The van der Waals surface area contributed by atoms with Crippen molar-refractivity contribution in [2.45, 2.75) is 31.1 Å². The van der Waals surface area contributed by atoms with Crippen molar-refractivity contribution in [2.75, 3.05) is 12.3 Å². The maximum Gasteiger partial charge on any atom is 0.339 e. The minimum atomic E-state index is -4.49. The van der Waals surface area contributed by atoms with Crippen LogP contribution in [-0.4, -0.2) is 25.5 Å². The van der Waals surface area contributed by atoms with E-state index in [2.05, 4.69) is 0 Å². The molecule has 1 aromatic rings. The first-order valence-corrected chi connectivity index (χ1v) is 7.34. The Balaban J connectivity index is 0.00000361. The number of nitrogen functional groups attached to an aromatic ring is 1. The third-order valence-electron chi connectivity index (χ3n) is 2.48. The van der Waals surface area contributed by atoms with Gasteiger partial charge in [0, 0.05) is 5.69 Å². The Morgan fingerprint density at radius 2 is 2.00 bits per heavy atom. The van der Waals surface area contributed by atoms with Gasteiger partial charge in [0.05, 0.1) is 12.2 Å². The molecule has 0 saturated carbocycles. The Kier molecular flexibility index (Phi) is 7.55. The second-order valence-corrected chi connectivity index (χ2v) is 5.46. The Hall–Kier alpha value is -1.31. The molecule has 0 heterocycles. The molecule has 1 aromatic carbocycles. The largest absolute Gasteiger partial charge is 0.462 e. The maximum atomic E-state index is 11.8. The number of rotatable bonds is 6. The highest BCUT2D eigenvalue weighted by Crippen LogP contribution is 2.19. The van der Waals surface area contributed by atoms with Crippen LogP contribution < -0.4 is 5.73 Å². The number of esters is 1. The van der Waals surface area contributed by atoms with Crippen LogP contribution in [0.3, 0.4) is 0 Å². The molecule has 0 atom stereocenters. The summed E-state index contributed by atoms with van der Waals surface area (Å²) in [5.41, 5.74) is 5.47. The number of hydrogen-bond acceptors (Lipinski definition) is 5. The van der Waals surface area contributed by atoms with E-state index >= 15 is 0 Å². The fraction of sp³-hybridized carbons (Fsp3) is 0.417. The van der Waals surface area contributed by atoms with Crippen LogP contribution >= 0.6 is 12.4 Å². The molecule has 0 saturated heterocycles. The highest BCUT2D eigenvalue weighted by atomic mass is 35.5. The molecule has 8 heteroatoms. The second-order valence-electron chi connectivity index (χ2n) is 4.07. The predicted octanol–water partition coefficient (Wildman–Crippen LogP) is 2.28. The molecule has 0 amide bonds. The van der Waals surface area contributed by atoms with E-state index in [4.69, 9.17) is 15.0 Å². The summed E-state index contributed by atoms with van der Waals surface area (Å²) in [6, 6.07) is 3.54. The zero-order valence-electron chi connectivity index (χ0n) is 11.0. The van der Waals surface area contributed by atoms with Crippen molar-refractivity contribution in [3.05, 3.63) is 23.8 Å². The van der Waals surface area contributed by atoms with E-state index in [-0.39, 0.29) is 30.3 Å². The average Bonchev–Trinajstić information content (AvgIpc) is 2.32. The fourth-order valence-corrected chi connectivity index (χ4v) is 2.19. The van der Waals surface area contributed by atoms with Crippen molar-refractivity contribution in [3.8, 4) is 0 Å². The summed E-state index contributed by atoms with van der Waals surface area (Å²) < 4.78 is 36.3. The van der Waals surface area contributed by atoms with Crippen LogP contribution in [0.4, 0.5) is 5.69 Å². The molecule has 3 N–H and O–H groups in total. The number of benzene rings is 1. The van der Waals surface area contributed by atoms with E-state index in [9.17, 15) is 13.2 Å². The van der Waals surface area contributed by atoms with Crippen LogP contribution in [0, 0.1) is 0 Å². The third kappa shape index (κ3) is 5.36. The summed E-state index contributed by atoms with van der Waals surface area (Å²) >= 11 is 0. The molecular formula is C12H18ClNO5S. The van der Waals surface area contributed by atoms with Gasteiger partial charge in [-0.3, -0.25) is 4.55 Å². The number of carbonyl (C=O) groups is 1. The van der Waals surface area contributed by atoms with Crippen LogP contribution in [0.15, 0.2) is 23.1 Å². The predicted molar refractivity (Wildman–Crippen MR) is 77.7 cm³/mol. The van der Waals surface area contributed by atoms with E-state index in [1.54, 1.807) is 0 Å². The molecule has 0 aliphatic heterocycles. The zero-order chi connectivity index (χ0) is 14.5. The van der Waals surface area contributed by atoms with Gasteiger partial charge in [-0.1, -0.05) is 19.8 Å². The summed E-state index contributed by atoms with van der Waals surface area (Å²) in [5.74, 6) is -0.809. The molecule has 1 rings (SSSR count). The van der Waals surface area contributed by atoms with Gasteiger partial charge in [0.25, 0.3) is 10.1 Å². The number of halogens is 1. The van der Waals surface area contributed by atoms with Gasteiger partial charge in [0.15, 0.2) is 0 Å². The van der Waals surface area contributed by atoms with Crippen LogP contribution in [0.25, 0.3) is 0 Å². The Labute approximate surface area is 124 Å². The number of unbranched alkanes of at least 4 members (excludes halogenated alkanes) is 2. The molecule has 20 heavy (non-hydrogen) atoms. The minimum Gasteiger partial charge on any atom is -0.462 e. The van der Waals surface area contributed by atoms with Crippen molar-refractivity contribution in [3.63, 3.8) is 0 Å². The lowest BCUT2D eigenvalue weighted by Gasteiger charge is -2.08. The minimum absolute atomic E-state index is 0. The van der Waals surface area contributed by atoms with Crippen molar-refractivity contribution in [1.82, 2.24) is 0 Å². The van der Waals surface area contributed by atoms with E-state index < -0.39 is 21.0 Å². The summed E-state index contributed by atoms with van der Waals surface area (Å²) in [6.07, 6.45) is 2.59. The van der Waals surface area contributed by atoms with Crippen LogP contribution in [0.1, 0.15) is 36.5 Å². The molecule has 114 valence electrons. The number of carbonyl (C=O) groups excluding carboxylic acids is 1. The van der Waals surface area contributed by atoms with Gasteiger partial charge in [-0.15, -0.1) is 12.4 Å². The lowest BCUT2D eigenvalue weighted by Crippen LogP contribution is -2.13. The van der Waals surface area contributed by atoms with Gasteiger partial charge < -0.3 is 10.5 Å². The van der Waals surface area contributed by atoms with Gasteiger partial charge in [0.2, 0.25) is 0 Å². The first-order valence-electron chi connectivity index (χ1n) is 5.90. The highest BCUT2D eigenvalue weighted by molar-refractivity contribution is 7.86. The Morgan fingerprint density at radius 1 is 1.35 bits per heavy atom. The molecule has 0 bridgehead atoms. The van der Waals surface area contributed by atoms with Crippen molar-refractivity contribution in [1.29, 1.82) is 0 Å². The van der Waals surface area contributed by atoms with Gasteiger partial charge >= 0.3 is 5.97 Å². The van der Waals surface area contributed by atoms with Crippen molar-refractivity contribution in [2.24, 2.45) is 0 Å². The molecule has 0 aromatic heterocycles. The Morgan fingerprint density at radius 3 is 2.55 bits per heavy atom. The van der Waals surface area contributed by atoms with Gasteiger partial charge in [-0.2, -0.15) is 8.42 Å². The number of ether oxygens (including phenoxy) is 1. The normalized spacial score (nSPS) is 10.7. The molecule has 0 radical (unpaired) electrons. The van der Waals surface area contributed by atoms with Gasteiger partial charge in [-0.05, 0) is 24.6 Å². The summed E-state index contributed by atoms with van der Waals surface area (Å²) in [4.78, 5) is 11.3. The molecule has 0 aliphatic rings. The Bertz CT molecular complexity index is 559.